The van der Waals surface area contributed by atoms with Crippen molar-refractivity contribution >= 4 is 16.9 Å². The molecule has 0 spiro atoms. The summed E-state index contributed by atoms with van der Waals surface area (Å²) < 4.78 is 8.05. The van der Waals surface area contributed by atoms with Crippen LogP contribution in [0.25, 0.3) is 16.7 Å². The molecule has 0 radical (unpaired) electrons. The van der Waals surface area contributed by atoms with Gasteiger partial charge >= 0.3 is 0 Å². The number of nitrogens with zero attached hydrogens (tertiary/aromatic N) is 4. The summed E-state index contributed by atoms with van der Waals surface area (Å²) in [5.41, 5.74) is 4.51. The molecule has 0 aliphatic heterocycles. The number of hydrogen-bond acceptors (Lipinski definition) is 4. The minimum atomic E-state index is -0.0760. The summed E-state index contributed by atoms with van der Waals surface area (Å²) >= 11 is 0. The molecule has 2 heterocycles. The highest BCUT2D eigenvalue weighted by atomic mass is 16.5. The number of aromatic nitrogens is 3. The van der Waals surface area contributed by atoms with Gasteiger partial charge in [-0.3, -0.25) is 14.3 Å². The second-order valence-electron chi connectivity index (χ2n) is 7.01. The van der Waals surface area contributed by atoms with Crippen molar-refractivity contribution in [3.8, 4) is 11.4 Å². The fourth-order valence-electron chi connectivity index (χ4n) is 3.29. The molecule has 1 amide bonds. The molecule has 146 valence electrons. The van der Waals surface area contributed by atoms with Gasteiger partial charge < -0.3 is 9.64 Å². The Labute approximate surface area is 169 Å². The summed E-state index contributed by atoms with van der Waals surface area (Å²) in [6.07, 6.45) is 3.54. The van der Waals surface area contributed by atoms with Crippen LogP contribution in [0, 0.1) is 6.92 Å². The van der Waals surface area contributed by atoms with E-state index in [2.05, 4.69) is 14.5 Å². The summed E-state index contributed by atoms with van der Waals surface area (Å²) in [7, 11) is 3.46. The molecule has 4 rings (SSSR count). The van der Waals surface area contributed by atoms with Crippen LogP contribution >= 0.6 is 0 Å². The number of benzene rings is 2. The van der Waals surface area contributed by atoms with Crippen molar-refractivity contribution in [3.05, 3.63) is 83.9 Å². The lowest BCUT2D eigenvalue weighted by atomic mass is 10.1. The number of hydrogen-bond donors (Lipinski definition) is 0. The minimum absolute atomic E-state index is 0.0760. The Morgan fingerprint density at radius 3 is 2.59 bits per heavy atom. The second-order valence-corrected chi connectivity index (χ2v) is 7.01. The lowest BCUT2D eigenvalue weighted by molar-refractivity contribution is 0.0822. The Kier molecular flexibility index (Phi) is 4.99. The van der Waals surface area contributed by atoms with Crippen LogP contribution in [-0.4, -0.2) is 39.4 Å². The average molecular weight is 386 g/mol. The molecule has 6 heteroatoms. The van der Waals surface area contributed by atoms with E-state index in [0.29, 0.717) is 17.9 Å². The summed E-state index contributed by atoms with van der Waals surface area (Å²) in [5, 5.41) is 0. The third kappa shape index (κ3) is 3.69. The van der Waals surface area contributed by atoms with Gasteiger partial charge in [0.25, 0.3) is 5.91 Å². The molecule has 0 N–H and O–H groups in total. The van der Waals surface area contributed by atoms with Gasteiger partial charge in [0.05, 0.1) is 17.3 Å². The number of amides is 1. The number of ether oxygens (including phenoxy) is 1. The first-order chi connectivity index (χ1) is 14.0. The molecular formula is C23H22N4O2. The van der Waals surface area contributed by atoms with Gasteiger partial charge in [-0.15, -0.1) is 0 Å². The zero-order chi connectivity index (χ0) is 20.4. The Balaban J connectivity index is 1.54. The number of aryl methyl sites for hydroxylation is 1. The van der Waals surface area contributed by atoms with Crippen LogP contribution < -0.4 is 4.74 Å². The van der Waals surface area contributed by atoms with Crippen molar-refractivity contribution < 1.29 is 9.53 Å². The van der Waals surface area contributed by atoms with Gasteiger partial charge in [0.2, 0.25) is 0 Å². The molecule has 2 aromatic carbocycles. The summed E-state index contributed by atoms with van der Waals surface area (Å²) in [6.45, 7) is 2.36. The smallest absolute Gasteiger partial charge is 0.257 e. The number of imidazole rings is 1. The normalized spacial score (nSPS) is 10.9. The highest BCUT2D eigenvalue weighted by molar-refractivity contribution is 5.96. The molecular weight excluding hydrogens is 364 g/mol. The largest absolute Gasteiger partial charge is 0.488 e. The third-order valence-electron chi connectivity index (χ3n) is 4.74. The lowest BCUT2D eigenvalue weighted by Crippen LogP contribution is -2.22. The highest BCUT2D eigenvalue weighted by Gasteiger charge is 2.14. The molecule has 29 heavy (non-hydrogen) atoms. The SMILES string of the molecule is Cc1nc2cnccc2n1-c1ccc(COc2ccccc2C(=O)N(C)C)cc1. The van der Waals surface area contributed by atoms with Crippen LogP contribution in [0.2, 0.25) is 0 Å². The molecule has 0 bridgehead atoms. The maximum atomic E-state index is 12.3. The number of carbonyl (C=O) groups is 1. The van der Waals surface area contributed by atoms with Gasteiger partial charge in [0.15, 0.2) is 0 Å². The first-order valence-electron chi connectivity index (χ1n) is 9.36. The van der Waals surface area contributed by atoms with E-state index in [1.807, 2.05) is 55.5 Å². The summed E-state index contributed by atoms with van der Waals surface area (Å²) in [4.78, 5) is 22.6. The highest BCUT2D eigenvalue weighted by Crippen LogP contribution is 2.23. The molecule has 0 unspecified atom stereocenters. The van der Waals surface area contributed by atoms with Crippen molar-refractivity contribution in [2.45, 2.75) is 13.5 Å². The monoisotopic (exact) mass is 386 g/mol. The molecule has 0 aliphatic carbocycles. The van der Waals surface area contributed by atoms with Crippen LogP contribution in [0.3, 0.4) is 0 Å². The van der Waals surface area contributed by atoms with Crippen molar-refractivity contribution in [2.75, 3.05) is 14.1 Å². The molecule has 2 aromatic heterocycles. The van der Waals surface area contributed by atoms with E-state index in [-0.39, 0.29) is 5.91 Å². The van der Waals surface area contributed by atoms with Crippen molar-refractivity contribution in [3.63, 3.8) is 0 Å². The van der Waals surface area contributed by atoms with Gasteiger partial charge in [-0.25, -0.2) is 4.98 Å². The van der Waals surface area contributed by atoms with Crippen LogP contribution in [0.1, 0.15) is 21.7 Å². The summed E-state index contributed by atoms with van der Waals surface area (Å²) in [6, 6.07) is 17.4. The average Bonchev–Trinajstić information content (AvgIpc) is 3.08. The van der Waals surface area contributed by atoms with Crippen molar-refractivity contribution in [2.24, 2.45) is 0 Å². The van der Waals surface area contributed by atoms with E-state index in [4.69, 9.17) is 4.74 Å². The number of carbonyl (C=O) groups excluding carboxylic acids is 1. The van der Waals surface area contributed by atoms with Crippen molar-refractivity contribution in [1.82, 2.24) is 19.4 Å². The van der Waals surface area contributed by atoms with E-state index in [9.17, 15) is 4.79 Å². The van der Waals surface area contributed by atoms with E-state index in [0.717, 1.165) is 28.1 Å². The predicted octanol–water partition coefficient (Wildman–Crippen LogP) is 4.01. The number of pyridine rings is 1. The summed E-state index contributed by atoms with van der Waals surface area (Å²) in [5.74, 6) is 1.42. The molecule has 6 nitrogen and oxygen atoms in total. The molecule has 0 saturated heterocycles. The molecule has 0 fully saturated rings. The molecule has 4 aromatic rings. The quantitative estimate of drug-likeness (QED) is 0.520. The van der Waals surface area contributed by atoms with E-state index in [1.165, 1.54) is 0 Å². The Bertz CT molecular complexity index is 1160. The van der Waals surface area contributed by atoms with Crippen LogP contribution in [0.5, 0.6) is 5.75 Å². The number of rotatable bonds is 5. The fraction of sp³-hybridized carbons (Fsp3) is 0.174. The topological polar surface area (TPSA) is 60.2 Å². The van der Waals surface area contributed by atoms with Gasteiger partial charge in [-0.1, -0.05) is 24.3 Å². The van der Waals surface area contributed by atoms with Gasteiger partial charge in [0.1, 0.15) is 23.7 Å². The Morgan fingerprint density at radius 2 is 1.83 bits per heavy atom. The van der Waals surface area contributed by atoms with Gasteiger partial charge in [-0.2, -0.15) is 0 Å². The van der Waals surface area contributed by atoms with E-state index >= 15 is 0 Å². The molecule has 0 saturated carbocycles. The van der Waals surface area contributed by atoms with Crippen LogP contribution in [0.4, 0.5) is 0 Å². The first kappa shape index (κ1) is 18.7. The zero-order valence-electron chi connectivity index (χ0n) is 16.7. The van der Waals surface area contributed by atoms with Gasteiger partial charge in [0, 0.05) is 26.0 Å². The lowest BCUT2D eigenvalue weighted by Gasteiger charge is -2.15. The third-order valence-corrected chi connectivity index (χ3v) is 4.74. The number of fused-ring (bicyclic) bond motifs is 1. The molecule has 0 aliphatic rings. The zero-order valence-corrected chi connectivity index (χ0v) is 16.7. The second kappa shape index (κ2) is 7.75. The minimum Gasteiger partial charge on any atom is -0.488 e. The van der Waals surface area contributed by atoms with Crippen LogP contribution in [-0.2, 0) is 6.61 Å². The maximum absolute atomic E-state index is 12.3. The fourth-order valence-corrected chi connectivity index (χ4v) is 3.29. The Morgan fingerprint density at radius 1 is 1.07 bits per heavy atom. The standard InChI is InChI=1S/C23H22N4O2/c1-16-25-20-14-24-13-12-21(20)27(16)18-10-8-17(9-11-18)15-29-22-7-5-4-6-19(22)23(28)26(2)3/h4-14H,15H2,1-3H3. The number of para-hydroxylation sites is 1. The Hall–Kier alpha value is -3.67. The molecule has 0 atom stereocenters. The van der Waals surface area contributed by atoms with E-state index in [1.54, 1.807) is 37.5 Å². The predicted molar refractivity (Wildman–Crippen MR) is 112 cm³/mol. The van der Waals surface area contributed by atoms with Crippen LogP contribution in [0.15, 0.2) is 67.0 Å². The first-order valence-corrected chi connectivity index (χ1v) is 9.36. The van der Waals surface area contributed by atoms with Crippen molar-refractivity contribution in [1.29, 1.82) is 0 Å². The van der Waals surface area contributed by atoms with Gasteiger partial charge in [-0.05, 0) is 42.8 Å². The van der Waals surface area contributed by atoms with E-state index < -0.39 is 0 Å². The maximum Gasteiger partial charge on any atom is 0.257 e.